The van der Waals surface area contributed by atoms with E-state index in [0.29, 0.717) is 48.1 Å². The minimum absolute atomic E-state index is 0.0103. The van der Waals surface area contributed by atoms with Crippen LogP contribution < -0.4 is 26.2 Å². The van der Waals surface area contributed by atoms with Gasteiger partial charge in [-0.3, -0.25) is 34.1 Å². The summed E-state index contributed by atoms with van der Waals surface area (Å²) in [7, 11) is 0. The lowest BCUT2D eigenvalue weighted by molar-refractivity contribution is -0.136. The van der Waals surface area contributed by atoms with Crippen molar-refractivity contribution in [3.63, 3.8) is 0 Å². The second-order valence-electron chi connectivity index (χ2n) is 15.2. The molecule has 2 aromatic carbocycles. The van der Waals surface area contributed by atoms with Crippen molar-refractivity contribution in [2.45, 2.75) is 99.9 Å². The van der Waals surface area contributed by atoms with Crippen LogP contribution in [0.4, 0.5) is 11.5 Å². The highest BCUT2D eigenvalue weighted by Crippen LogP contribution is 2.34. The fourth-order valence-electron chi connectivity index (χ4n) is 8.71. The third-order valence-corrected chi connectivity index (χ3v) is 13.2. The molecule has 56 heavy (non-hydrogen) atoms. The lowest BCUT2D eigenvalue weighted by atomic mass is 10.0. The van der Waals surface area contributed by atoms with Crippen molar-refractivity contribution in [2.24, 2.45) is 15.7 Å². The van der Waals surface area contributed by atoms with E-state index in [-0.39, 0.29) is 42.0 Å². The third kappa shape index (κ3) is 7.98. The molecule has 0 spiro atoms. The molecule has 4 aliphatic heterocycles. The highest BCUT2D eigenvalue weighted by Gasteiger charge is 2.39. The van der Waals surface area contributed by atoms with Gasteiger partial charge in [0, 0.05) is 93.2 Å². The maximum Gasteiger partial charge on any atom is 0.255 e. The number of nitrogens with one attached hydrogen (secondary N) is 1. The Labute approximate surface area is 329 Å². The molecule has 4 fully saturated rings. The molecule has 2 atom stereocenters. The van der Waals surface area contributed by atoms with E-state index in [1.807, 2.05) is 53.0 Å². The number of nitrogens with zero attached hydrogens (tertiary/aromatic N) is 6. The quantitative estimate of drug-likeness (QED) is 0.133. The van der Waals surface area contributed by atoms with Gasteiger partial charge in [-0.1, -0.05) is 18.9 Å². The second-order valence-corrected chi connectivity index (χ2v) is 16.7. The largest absolute Gasteiger partial charge is 0.593 e. The minimum atomic E-state index is -1.34. The van der Waals surface area contributed by atoms with Gasteiger partial charge in [-0.15, -0.1) is 4.31 Å². The summed E-state index contributed by atoms with van der Waals surface area (Å²) in [6, 6.07) is 16.4. The molecule has 294 valence electrons. The Morgan fingerprint density at radius 1 is 0.893 bits per heavy atom. The molecule has 2 unspecified atom stereocenters. The van der Waals surface area contributed by atoms with Crippen LogP contribution in [0.5, 0.6) is 5.75 Å². The van der Waals surface area contributed by atoms with Gasteiger partial charge in [0.1, 0.15) is 23.7 Å². The zero-order valence-corrected chi connectivity index (χ0v) is 32.2. The maximum absolute atomic E-state index is 13.7. The number of fused-ring (bicyclic) bond motifs is 1. The first-order valence-electron chi connectivity index (χ1n) is 19.7. The Morgan fingerprint density at radius 2 is 1.68 bits per heavy atom. The molecule has 14 nitrogen and oxygen atoms in total. The molecule has 1 aromatic heterocycles. The summed E-state index contributed by atoms with van der Waals surface area (Å²) in [6.07, 6.45) is 10.9. The summed E-state index contributed by atoms with van der Waals surface area (Å²) < 4.78 is 23.9. The molecule has 3 aromatic rings. The van der Waals surface area contributed by atoms with E-state index < -0.39 is 23.3 Å². The molecule has 8 rings (SSSR count). The van der Waals surface area contributed by atoms with Crippen LogP contribution in [0.2, 0.25) is 0 Å². The number of pyridine rings is 1. The SMILES string of the molecule is N/C=N/c1c(/C=N\C2CCN([S+]([O-])c3cccc(OC4CCN(c5ccc6c(c5)CN(C5CCC(=O)NC5=O)C6=O)CC4)c3)CC2)ccc(=O)n1C1CCCC1. The van der Waals surface area contributed by atoms with E-state index in [4.69, 9.17) is 15.5 Å². The predicted molar refractivity (Wildman–Crippen MR) is 214 cm³/mol. The van der Waals surface area contributed by atoms with Crippen molar-refractivity contribution < 1.29 is 23.7 Å². The summed E-state index contributed by atoms with van der Waals surface area (Å²) in [5, 5.41) is 2.36. The predicted octanol–water partition coefficient (Wildman–Crippen LogP) is 4.00. The molecule has 15 heteroatoms. The van der Waals surface area contributed by atoms with Crippen LogP contribution in [0.25, 0.3) is 0 Å². The Bertz CT molecular complexity index is 2080. The van der Waals surface area contributed by atoms with Gasteiger partial charge in [-0.25, -0.2) is 4.99 Å². The van der Waals surface area contributed by atoms with Crippen LogP contribution in [0, 0.1) is 0 Å². The van der Waals surface area contributed by atoms with Crippen molar-refractivity contribution in [2.75, 3.05) is 31.1 Å². The summed E-state index contributed by atoms with van der Waals surface area (Å²) in [5.74, 6) is 0.384. The van der Waals surface area contributed by atoms with Gasteiger partial charge in [0.15, 0.2) is 4.90 Å². The first-order valence-corrected chi connectivity index (χ1v) is 20.9. The number of aromatic nitrogens is 1. The number of aliphatic imine (C=N–C) groups is 2. The number of nitrogens with two attached hydrogens (primary N) is 1. The first kappa shape index (κ1) is 37.9. The van der Waals surface area contributed by atoms with Crippen LogP contribution in [-0.4, -0.2) is 93.0 Å². The molecule has 0 radical (unpaired) electrons. The molecular formula is C41H48N8O6S. The maximum atomic E-state index is 13.7. The van der Waals surface area contributed by atoms with E-state index >= 15 is 0 Å². The number of hydrogen-bond acceptors (Lipinski definition) is 10. The fourth-order valence-corrected chi connectivity index (χ4v) is 9.97. The Morgan fingerprint density at radius 3 is 2.43 bits per heavy atom. The molecule has 5 aliphatic rings. The number of amides is 3. The number of hydrogen-bond donors (Lipinski definition) is 2. The van der Waals surface area contributed by atoms with Crippen LogP contribution in [-0.2, 0) is 27.5 Å². The number of imide groups is 1. The van der Waals surface area contributed by atoms with Gasteiger partial charge in [0.05, 0.1) is 23.7 Å². The molecule has 5 heterocycles. The molecular weight excluding hydrogens is 733 g/mol. The molecule has 0 bridgehead atoms. The first-order chi connectivity index (χ1) is 27.2. The topological polar surface area (TPSA) is 178 Å². The molecule has 3 N–H and O–H groups in total. The zero-order chi connectivity index (χ0) is 38.8. The van der Waals surface area contributed by atoms with Crippen LogP contribution in [0.1, 0.15) is 91.7 Å². The highest BCUT2D eigenvalue weighted by atomic mass is 32.2. The van der Waals surface area contributed by atoms with Gasteiger partial charge in [-0.05, 0) is 74.1 Å². The van der Waals surface area contributed by atoms with E-state index in [1.54, 1.807) is 21.6 Å². The summed E-state index contributed by atoms with van der Waals surface area (Å²) in [5.41, 5.74) is 8.91. The number of anilines is 1. The smallest absolute Gasteiger partial charge is 0.255 e. The van der Waals surface area contributed by atoms with E-state index in [2.05, 4.69) is 15.2 Å². The minimum Gasteiger partial charge on any atom is -0.593 e. The Kier molecular flexibility index (Phi) is 11.3. The van der Waals surface area contributed by atoms with Crippen molar-refractivity contribution in [3.8, 4) is 5.75 Å². The average molecular weight is 781 g/mol. The summed E-state index contributed by atoms with van der Waals surface area (Å²) in [4.78, 5) is 63.8. The number of ether oxygens (including phenoxy) is 1. The molecule has 3 saturated heterocycles. The van der Waals surface area contributed by atoms with E-state index in [0.717, 1.165) is 81.3 Å². The zero-order valence-electron chi connectivity index (χ0n) is 31.4. The standard InChI is InChI=1S/C41H48N8O6S/c42-26-44-39-27(8-13-38(51)49(39)30-4-1-2-5-30)24-43-29-14-20-47(21-15-29)56(54)34-7-3-6-33(23-34)55-32-16-18-46(19-17-32)31-9-10-35-28(22-31)25-48(41(35)53)36-11-12-37(50)45-40(36)52/h3,6-10,13,22-24,26,29-30,32,36H,1-2,4-5,11-12,14-21,25H2,(H2,42,44)(H,45,50,52)/b43-24-. The van der Waals surface area contributed by atoms with E-state index in [9.17, 15) is 23.7 Å². The van der Waals surface area contributed by atoms with E-state index in [1.165, 1.54) is 6.34 Å². The van der Waals surface area contributed by atoms with Crippen LogP contribution in [0.15, 0.2) is 74.3 Å². The van der Waals surface area contributed by atoms with Crippen molar-refractivity contribution in [3.05, 3.63) is 81.6 Å². The Balaban J connectivity index is 0.828. The van der Waals surface area contributed by atoms with Crippen molar-refractivity contribution in [1.29, 1.82) is 0 Å². The lowest BCUT2D eigenvalue weighted by Crippen LogP contribution is -2.52. The highest BCUT2D eigenvalue weighted by molar-refractivity contribution is 7.89. The third-order valence-electron chi connectivity index (χ3n) is 11.7. The number of carbonyl (C=O) groups is 3. The number of rotatable bonds is 10. The number of carbonyl (C=O) groups excluding carboxylic acids is 3. The summed E-state index contributed by atoms with van der Waals surface area (Å²) in [6.45, 7) is 3.19. The number of piperidine rings is 3. The summed E-state index contributed by atoms with van der Waals surface area (Å²) >= 11 is -1.34. The van der Waals surface area contributed by atoms with Crippen molar-refractivity contribution >= 4 is 53.1 Å². The average Bonchev–Trinajstić information content (AvgIpc) is 3.86. The van der Waals surface area contributed by atoms with Crippen LogP contribution >= 0.6 is 0 Å². The van der Waals surface area contributed by atoms with Gasteiger partial charge in [0.25, 0.3) is 11.5 Å². The second kappa shape index (κ2) is 16.6. The van der Waals surface area contributed by atoms with Crippen LogP contribution in [0.3, 0.4) is 0 Å². The van der Waals surface area contributed by atoms with Crippen molar-refractivity contribution in [1.82, 2.24) is 19.1 Å². The Hall–Kier alpha value is -4.99. The van der Waals surface area contributed by atoms with Gasteiger partial charge < -0.3 is 24.8 Å². The molecule has 1 aliphatic carbocycles. The fraction of sp³-hybridized carbons (Fsp3) is 0.463. The van der Waals surface area contributed by atoms with Gasteiger partial charge in [0.2, 0.25) is 11.8 Å². The number of benzene rings is 2. The van der Waals surface area contributed by atoms with Gasteiger partial charge in [-0.2, -0.15) is 0 Å². The molecule has 1 saturated carbocycles. The molecule has 3 amide bonds. The monoisotopic (exact) mass is 780 g/mol. The lowest BCUT2D eigenvalue weighted by Gasteiger charge is -2.34. The normalized spacial score (nSPS) is 22.4. The van der Waals surface area contributed by atoms with Gasteiger partial charge >= 0.3 is 0 Å².